The lowest BCUT2D eigenvalue weighted by Crippen LogP contribution is -2.55. The summed E-state index contributed by atoms with van der Waals surface area (Å²) in [5, 5.41) is 3.06. The van der Waals surface area contributed by atoms with E-state index in [4.69, 9.17) is 27.9 Å². The molecule has 7 nitrogen and oxygen atoms in total. The Morgan fingerprint density at radius 3 is 2.34 bits per heavy atom. The largest absolute Gasteiger partial charge is 0.379 e. The molecule has 1 N–H and O–H groups in total. The Balaban J connectivity index is 1.48. The van der Waals surface area contributed by atoms with E-state index in [1.54, 1.807) is 16.7 Å². The van der Waals surface area contributed by atoms with E-state index in [9.17, 15) is 14.0 Å². The van der Waals surface area contributed by atoms with E-state index in [0.29, 0.717) is 56.5 Å². The van der Waals surface area contributed by atoms with Gasteiger partial charge in [-0.25, -0.2) is 9.18 Å². The Labute approximate surface area is 179 Å². The number of hydrogen-bond donors (Lipinski definition) is 1. The SMILES string of the molecule is CC(NC(=O)N1CCN(C(=O)CN2CCOCC2)CC1)c1cc(F)c(Cl)cc1Cl. The van der Waals surface area contributed by atoms with E-state index in [2.05, 4.69) is 10.2 Å². The first kappa shape index (κ1) is 22.1. The van der Waals surface area contributed by atoms with Crippen LogP contribution in [-0.4, -0.2) is 85.7 Å². The van der Waals surface area contributed by atoms with Crippen LogP contribution in [0.5, 0.6) is 0 Å². The van der Waals surface area contributed by atoms with Crippen molar-refractivity contribution in [2.75, 3.05) is 59.0 Å². The molecule has 0 bridgehead atoms. The summed E-state index contributed by atoms with van der Waals surface area (Å²) in [6, 6.07) is 1.81. The van der Waals surface area contributed by atoms with Crippen LogP contribution in [0, 0.1) is 5.82 Å². The van der Waals surface area contributed by atoms with E-state index in [0.717, 1.165) is 13.1 Å². The molecule has 3 rings (SSSR count). The summed E-state index contributed by atoms with van der Waals surface area (Å²) < 4.78 is 19.0. The third-order valence-corrected chi connectivity index (χ3v) is 5.85. The van der Waals surface area contributed by atoms with E-state index in [1.165, 1.54) is 12.1 Å². The number of carbonyl (C=O) groups excluding carboxylic acids is 2. The molecule has 3 amide bonds. The van der Waals surface area contributed by atoms with Crippen molar-refractivity contribution in [3.63, 3.8) is 0 Å². The van der Waals surface area contributed by atoms with E-state index in [-0.39, 0.29) is 17.0 Å². The third kappa shape index (κ3) is 5.72. The highest BCUT2D eigenvalue weighted by atomic mass is 35.5. The molecule has 2 saturated heterocycles. The van der Waals surface area contributed by atoms with Gasteiger partial charge < -0.3 is 19.9 Å². The fourth-order valence-electron chi connectivity index (χ4n) is 3.43. The minimum Gasteiger partial charge on any atom is -0.379 e. The second-order valence-corrected chi connectivity index (χ2v) is 8.03. The lowest BCUT2D eigenvalue weighted by atomic mass is 10.1. The van der Waals surface area contributed by atoms with Crippen molar-refractivity contribution in [2.45, 2.75) is 13.0 Å². The molecule has 29 heavy (non-hydrogen) atoms. The number of nitrogens with one attached hydrogen (secondary N) is 1. The molecule has 0 aliphatic carbocycles. The van der Waals surface area contributed by atoms with Crippen molar-refractivity contribution in [1.82, 2.24) is 20.0 Å². The van der Waals surface area contributed by atoms with E-state index < -0.39 is 11.9 Å². The average Bonchev–Trinajstić information content (AvgIpc) is 2.71. The predicted octanol–water partition coefficient (Wildman–Crippen LogP) is 2.38. The zero-order valence-electron chi connectivity index (χ0n) is 16.3. The number of carbonyl (C=O) groups is 2. The number of hydrogen-bond acceptors (Lipinski definition) is 4. The maximum Gasteiger partial charge on any atom is 0.317 e. The van der Waals surface area contributed by atoms with E-state index >= 15 is 0 Å². The average molecular weight is 447 g/mol. The summed E-state index contributed by atoms with van der Waals surface area (Å²) in [4.78, 5) is 30.5. The van der Waals surface area contributed by atoms with Gasteiger partial charge in [0.25, 0.3) is 0 Å². The third-order valence-electron chi connectivity index (χ3n) is 5.23. The quantitative estimate of drug-likeness (QED) is 0.721. The maximum atomic E-state index is 13.7. The molecule has 1 aromatic rings. The summed E-state index contributed by atoms with van der Waals surface area (Å²) in [6.45, 7) is 6.80. The molecule has 1 unspecified atom stereocenters. The molecule has 160 valence electrons. The van der Waals surface area contributed by atoms with Gasteiger partial charge in [-0.15, -0.1) is 0 Å². The van der Waals surface area contributed by atoms with Gasteiger partial charge in [-0.2, -0.15) is 0 Å². The Bertz CT molecular complexity index is 753. The van der Waals surface area contributed by atoms with Crippen LogP contribution < -0.4 is 5.32 Å². The minimum absolute atomic E-state index is 0.0601. The fourth-order valence-corrected chi connectivity index (χ4v) is 3.98. The molecular formula is C19H25Cl2FN4O3. The van der Waals surface area contributed by atoms with Gasteiger partial charge in [-0.3, -0.25) is 9.69 Å². The number of ether oxygens (including phenoxy) is 1. The van der Waals surface area contributed by atoms with Crippen LogP contribution in [0.2, 0.25) is 10.0 Å². The molecule has 10 heteroatoms. The first-order chi connectivity index (χ1) is 13.8. The predicted molar refractivity (Wildman–Crippen MR) is 109 cm³/mol. The standard InChI is InChI=1S/C19H25Cl2FN4O3/c1-13(14-10-17(22)16(21)11-15(14)20)23-19(28)26-4-2-25(3-5-26)18(27)12-24-6-8-29-9-7-24/h10-11,13H,2-9,12H2,1H3,(H,23,28). The van der Waals surface area contributed by atoms with Crippen LogP contribution in [0.1, 0.15) is 18.5 Å². The van der Waals surface area contributed by atoms with Gasteiger partial charge in [0, 0.05) is 44.3 Å². The second kappa shape index (κ2) is 9.93. The molecule has 2 fully saturated rings. The zero-order chi connectivity index (χ0) is 21.0. The summed E-state index contributed by atoms with van der Waals surface area (Å²) in [5.74, 6) is -0.511. The van der Waals surface area contributed by atoms with Crippen molar-refractivity contribution < 1.29 is 18.7 Å². The molecule has 0 radical (unpaired) electrons. The number of amides is 3. The number of halogens is 3. The first-order valence-electron chi connectivity index (χ1n) is 9.63. The van der Waals surface area contributed by atoms with Crippen molar-refractivity contribution in [1.29, 1.82) is 0 Å². The number of rotatable bonds is 4. The number of benzene rings is 1. The smallest absolute Gasteiger partial charge is 0.317 e. The molecule has 2 aliphatic heterocycles. The van der Waals surface area contributed by atoms with Gasteiger partial charge >= 0.3 is 6.03 Å². The summed E-state index contributed by atoms with van der Waals surface area (Å²) in [5.41, 5.74) is 0.459. The molecule has 0 saturated carbocycles. The number of urea groups is 1. The molecule has 0 aromatic heterocycles. The second-order valence-electron chi connectivity index (χ2n) is 7.22. The van der Waals surface area contributed by atoms with Gasteiger partial charge in [-0.1, -0.05) is 23.2 Å². The molecule has 2 aliphatic rings. The van der Waals surface area contributed by atoms with Crippen LogP contribution >= 0.6 is 23.2 Å². The highest BCUT2D eigenvalue weighted by Crippen LogP contribution is 2.28. The van der Waals surface area contributed by atoms with Crippen LogP contribution in [-0.2, 0) is 9.53 Å². The number of piperazine rings is 1. The number of morpholine rings is 1. The Morgan fingerprint density at radius 1 is 1.07 bits per heavy atom. The summed E-state index contributed by atoms with van der Waals surface area (Å²) in [6.07, 6.45) is 0. The van der Waals surface area contributed by atoms with Crippen LogP contribution in [0.25, 0.3) is 0 Å². The Kier molecular flexibility index (Phi) is 7.56. The van der Waals surface area contributed by atoms with Gasteiger partial charge in [0.15, 0.2) is 0 Å². The monoisotopic (exact) mass is 446 g/mol. The molecule has 2 heterocycles. The summed E-state index contributed by atoms with van der Waals surface area (Å²) >= 11 is 11.8. The highest BCUT2D eigenvalue weighted by Gasteiger charge is 2.26. The van der Waals surface area contributed by atoms with Crippen LogP contribution in [0.15, 0.2) is 12.1 Å². The summed E-state index contributed by atoms with van der Waals surface area (Å²) in [7, 11) is 0. The van der Waals surface area contributed by atoms with Gasteiger partial charge in [-0.05, 0) is 24.6 Å². The Morgan fingerprint density at radius 2 is 1.69 bits per heavy atom. The fraction of sp³-hybridized carbons (Fsp3) is 0.579. The lowest BCUT2D eigenvalue weighted by Gasteiger charge is -2.36. The normalized spacial score (nSPS) is 19.2. The first-order valence-corrected chi connectivity index (χ1v) is 10.4. The molecular weight excluding hydrogens is 422 g/mol. The van der Waals surface area contributed by atoms with Gasteiger partial charge in [0.05, 0.1) is 30.8 Å². The molecule has 0 spiro atoms. The van der Waals surface area contributed by atoms with Crippen molar-refractivity contribution in [2.24, 2.45) is 0 Å². The van der Waals surface area contributed by atoms with Crippen molar-refractivity contribution in [3.05, 3.63) is 33.6 Å². The van der Waals surface area contributed by atoms with Crippen LogP contribution in [0.3, 0.4) is 0 Å². The molecule has 1 atom stereocenters. The van der Waals surface area contributed by atoms with Crippen LogP contribution in [0.4, 0.5) is 9.18 Å². The lowest BCUT2D eigenvalue weighted by molar-refractivity contribution is -0.134. The number of nitrogens with zero attached hydrogens (tertiary/aromatic N) is 3. The maximum absolute atomic E-state index is 13.7. The highest BCUT2D eigenvalue weighted by molar-refractivity contribution is 6.35. The van der Waals surface area contributed by atoms with Gasteiger partial charge in [0.2, 0.25) is 5.91 Å². The Hall–Kier alpha value is -1.61. The van der Waals surface area contributed by atoms with Gasteiger partial charge in [0.1, 0.15) is 5.82 Å². The topological polar surface area (TPSA) is 65.1 Å². The zero-order valence-corrected chi connectivity index (χ0v) is 17.8. The van der Waals surface area contributed by atoms with Crippen molar-refractivity contribution >= 4 is 35.1 Å². The van der Waals surface area contributed by atoms with E-state index in [1.807, 2.05) is 0 Å². The van der Waals surface area contributed by atoms with Crippen molar-refractivity contribution in [3.8, 4) is 0 Å². The molecule has 1 aromatic carbocycles. The minimum atomic E-state index is -0.584.